The van der Waals surface area contributed by atoms with E-state index >= 15 is 0 Å². The van der Waals surface area contributed by atoms with E-state index in [4.69, 9.17) is 28.7 Å². The zero-order valence-corrected chi connectivity index (χ0v) is 33.8. The number of aromatic nitrogens is 1. The smallest absolute Gasteiger partial charge is 0.330 e. The fourth-order valence-corrected chi connectivity index (χ4v) is 7.46. The number of ether oxygens (including phenoxy) is 5. The normalized spacial score (nSPS) is 15.0. The van der Waals surface area contributed by atoms with Crippen molar-refractivity contribution in [3.63, 3.8) is 0 Å². The van der Waals surface area contributed by atoms with Crippen LogP contribution >= 0.6 is 11.3 Å². The maximum atomic E-state index is 13.3. The Morgan fingerprint density at radius 3 is 2.08 bits per heavy atom. The first-order valence-corrected chi connectivity index (χ1v) is 20.5. The molecule has 6 rings (SSSR count). The van der Waals surface area contributed by atoms with Crippen LogP contribution in [0.2, 0.25) is 0 Å². The van der Waals surface area contributed by atoms with E-state index in [-0.39, 0.29) is 36.1 Å². The average Bonchev–Trinajstić information content (AvgIpc) is 3.71. The van der Waals surface area contributed by atoms with Gasteiger partial charge in [0.15, 0.2) is 5.78 Å². The zero-order valence-electron chi connectivity index (χ0n) is 33.0. The van der Waals surface area contributed by atoms with E-state index in [1.165, 1.54) is 18.4 Å². The minimum atomic E-state index is -0.404. The van der Waals surface area contributed by atoms with Crippen LogP contribution in [0.15, 0.2) is 115 Å². The lowest BCUT2D eigenvalue weighted by atomic mass is 9.82. The van der Waals surface area contributed by atoms with Crippen LogP contribution in [0.1, 0.15) is 67.3 Å². The van der Waals surface area contributed by atoms with E-state index in [0.717, 1.165) is 42.0 Å². The largest absolute Gasteiger partial charge is 0.496 e. The van der Waals surface area contributed by atoms with Crippen molar-refractivity contribution in [2.45, 2.75) is 51.4 Å². The molecule has 0 unspecified atom stereocenters. The van der Waals surface area contributed by atoms with E-state index in [1.807, 2.05) is 42.5 Å². The highest BCUT2D eigenvalue weighted by Crippen LogP contribution is 2.33. The van der Waals surface area contributed by atoms with Crippen LogP contribution in [-0.4, -0.2) is 61.8 Å². The number of anilines is 1. The predicted octanol–water partition coefficient (Wildman–Crippen LogP) is 9.01. The maximum Gasteiger partial charge on any atom is 0.330 e. The van der Waals surface area contributed by atoms with Crippen LogP contribution in [-0.2, 0) is 19.1 Å². The van der Waals surface area contributed by atoms with Crippen molar-refractivity contribution in [2.24, 2.45) is 16.9 Å². The van der Waals surface area contributed by atoms with Crippen LogP contribution in [0.4, 0.5) is 5.13 Å². The van der Waals surface area contributed by atoms with Crippen molar-refractivity contribution in [1.29, 1.82) is 0 Å². The molecule has 0 bridgehead atoms. The van der Waals surface area contributed by atoms with Crippen molar-refractivity contribution in [3.8, 4) is 23.0 Å². The molecule has 5 aromatic rings. The number of hydrazone groups is 1. The molecule has 12 nitrogen and oxygen atoms in total. The molecule has 0 spiro atoms. The van der Waals surface area contributed by atoms with Gasteiger partial charge in [-0.3, -0.25) is 14.4 Å². The molecule has 0 amide bonds. The number of thiazole rings is 1. The summed E-state index contributed by atoms with van der Waals surface area (Å²) in [5.74, 6) is 0.0112. The van der Waals surface area contributed by atoms with Gasteiger partial charge in [0.25, 0.3) is 0 Å². The number of ketones is 1. The zero-order chi connectivity index (χ0) is 41.4. The van der Waals surface area contributed by atoms with Crippen LogP contribution in [0, 0.1) is 11.8 Å². The standard InChI is InChI=1S/C46H47N3O9S/c1-3-43(51)56-28-12-5-4-11-27-55-36-21-23-37(24-22-36)57-44(52)33-17-19-34(20-18-33)45(53)58-38-25-26-41(54-2)35(29-38)30-47-49(31-40(50)32-13-7-6-8-14-32)46-48-39-15-9-10-16-42(39)59-46/h3,6-10,13-16,21-26,29-30,33-34H,1,4-5,11-12,17-20,27-28,31H2,2H3/b47-30+. The van der Waals surface area contributed by atoms with E-state index in [2.05, 4.69) is 11.7 Å². The lowest BCUT2D eigenvalue weighted by Crippen LogP contribution is -2.30. The van der Waals surface area contributed by atoms with Gasteiger partial charge in [-0.25, -0.2) is 14.8 Å². The minimum Gasteiger partial charge on any atom is -0.496 e. The number of benzene rings is 4. The molecule has 0 N–H and O–H groups in total. The first-order valence-electron chi connectivity index (χ1n) is 19.7. The molecule has 1 aromatic heterocycles. The predicted molar refractivity (Wildman–Crippen MR) is 227 cm³/mol. The number of unbranched alkanes of at least 4 members (excludes halogenated alkanes) is 3. The van der Waals surface area contributed by atoms with Gasteiger partial charge < -0.3 is 23.7 Å². The van der Waals surface area contributed by atoms with Crippen LogP contribution in [0.3, 0.4) is 0 Å². The Bertz CT molecular complexity index is 2200. The van der Waals surface area contributed by atoms with Gasteiger partial charge in [0, 0.05) is 17.2 Å². The van der Waals surface area contributed by atoms with E-state index in [9.17, 15) is 19.2 Å². The van der Waals surface area contributed by atoms with Crippen molar-refractivity contribution >= 4 is 56.6 Å². The molecule has 1 heterocycles. The van der Waals surface area contributed by atoms with Gasteiger partial charge in [-0.05, 0) is 106 Å². The first kappa shape index (κ1) is 42.3. The monoisotopic (exact) mass is 817 g/mol. The Balaban J connectivity index is 0.985. The van der Waals surface area contributed by atoms with Crippen molar-refractivity contribution < 1.29 is 42.9 Å². The summed E-state index contributed by atoms with van der Waals surface area (Å²) in [5, 5.41) is 6.80. The number of fused-ring (bicyclic) bond motifs is 1. The second-order valence-electron chi connectivity index (χ2n) is 14.0. The lowest BCUT2D eigenvalue weighted by molar-refractivity contribution is -0.145. The van der Waals surface area contributed by atoms with E-state index in [0.29, 0.717) is 78.2 Å². The van der Waals surface area contributed by atoms with Crippen molar-refractivity contribution in [2.75, 3.05) is 31.9 Å². The Kier molecular flexibility index (Phi) is 15.4. The molecule has 1 saturated carbocycles. The number of carbonyl (C=O) groups is 4. The molecule has 13 heteroatoms. The Labute approximate surface area is 347 Å². The molecule has 0 atom stereocenters. The summed E-state index contributed by atoms with van der Waals surface area (Å²) in [6, 6.07) is 28.7. The molecular formula is C46H47N3O9S. The van der Waals surface area contributed by atoms with Gasteiger partial charge in [0.1, 0.15) is 29.5 Å². The van der Waals surface area contributed by atoms with Gasteiger partial charge in [-0.1, -0.05) is 60.4 Å². The molecule has 0 aliphatic heterocycles. The highest BCUT2D eigenvalue weighted by Gasteiger charge is 2.32. The molecule has 1 aliphatic rings. The summed E-state index contributed by atoms with van der Waals surface area (Å²) >= 11 is 1.43. The average molecular weight is 818 g/mol. The Morgan fingerprint density at radius 2 is 1.41 bits per heavy atom. The Morgan fingerprint density at radius 1 is 0.780 bits per heavy atom. The van der Waals surface area contributed by atoms with Crippen molar-refractivity contribution in [1.82, 2.24) is 4.98 Å². The highest BCUT2D eigenvalue weighted by atomic mass is 32.1. The third-order valence-electron chi connectivity index (χ3n) is 9.80. The van der Waals surface area contributed by atoms with Gasteiger partial charge in [-0.15, -0.1) is 0 Å². The number of Topliss-reactive ketones (excluding diaryl/α,β-unsaturated/α-hetero) is 1. The summed E-state index contributed by atoms with van der Waals surface area (Å²) in [7, 11) is 1.54. The molecule has 4 aromatic carbocycles. The summed E-state index contributed by atoms with van der Waals surface area (Å²) in [5.41, 5.74) is 1.90. The molecule has 0 radical (unpaired) electrons. The van der Waals surface area contributed by atoms with Crippen molar-refractivity contribution in [3.05, 3.63) is 121 Å². The molecule has 0 saturated heterocycles. The molecule has 59 heavy (non-hydrogen) atoms. The van der Waals surface area contributed by atoms with Gasteiger partial charge in [0.2, 0.25) is 5.13 Å². The number of para-hydroxylation sites is 1. The number of methoxy groups -OCH3 is 1. The fraction of sp³-hybridized carbons (Fsp3) is 0.304. The second-order valence-corrected chi connectivity index (χ2v) is 15.0. The van der Waals surface area contributed by atoms with Gasteiger partial charge >= 0.3 is 17.9 Å². The summed E-state index contributed by atoms with van der Waals surface area (Å²) in [6.45, 7) is 4.27. The molecule has 1 aliphatic carbocycles. The maximum absolute atomic E-state index is 13.3. The Hall–Kier alpha value is -6.34. The number of rotatable bonds is 20. The second kappa shape index (κ2) is 21.4. The van der Waals surface area contributed by atoms with Crippen LogP contribution in [0.25, 0.3) is 10.2 Å². The number of hydrogen-bond acceptors (Lipinski definition) is 13. The lowest BCUT2D eigenvalue weighted by Gasteiger charge is -2.25. The topological polar surface area (TPSA) is 143 Å². The number of carbonyl (C=O) groups excluding carboxylic acids is 4. The van der Waals surface area contributed by atoms with Crippen LogP contribution in [0.5, 0.6) is 23.0 Å². The molecule has 306 valence electrons. The molecule has 1 fully saturated rings. The first-order chi connectivity index (χ1) is 28.8. The number of hydrogen-bond donors (Lipinski definition) is 0. The van der Waals surface area contributed by atoms with Gasteiger partial charge in [0.05, 0.1) is 48.6 Å². The number of nitrogens with zero attached hydrogens (tertiary/aromatic N) is 3. The third kappa shape index (κ3) is 12.3. The minimum absolute atomic E-state index is 0.0447. The van der Waals surface area contributed by atoms with Gasteiger partial charge in [-0.2, -0.15) is 5.10 Å². The van der Waals surface area contributed by atoms with E-state index < -0.39 is 5.97 Å². The quantitative estimate of drug-likeness (QED) is 0.0141. The molecular weight excluding hydrogens is 771 g/mol. The fourth-order valence-electron chi connectivity index (χ4n) is 6.54. The summed E-state index contributed by atoms with van der Waals surface area (Å²) < 4.78 is 28.8. The third-order valence-corrected chi connectivity index (χ3v) is 10.9. The number of esters is 3. The summed E-state index contributed by atoms with van der Waals surface area (Å²) in [4.78, 5) is 55.4. The van der Waals surface area contributed by atoms with Crippen LogP contribution < -0.4 is 24.0 Å². The highest BCUT2D eigenvalue weighted by molar-refractivity contribution is 7.22. The van der Waals surface area contributed by atoms with E-state index in [1.54, 1.807) is 65.8 Å². The summed E-state index contributed by atoms with van der Waals surface area (Å²) in [6.07, 6.45) is 8.24. The SMILES string of the molecule is C=CC(=O)OCCCCCCOc1ccc(OC(=O)C2CCC(C(=O)Oc3ccc(OC)c(/C=N/N(CC(=O)c4ccccc4)c4nc5ccccc5s4)c3)CC2)cc1.